The third-order valence-electron chi connectivity index (χ3n) is 0.554. The molecule has 1 rings (SSSR count). The quantitative estimate of drug-likeness (QED) is 0.464. The Bertz CT molecular complexity index is 89.9. The minimum atomic E-state index is -3.02. The molecule has 0 bridgehead atoms. The van der Waals surface area contributed by atoms with Crippen molar-refractivity contribution in [3.05, 3.63) is 0 Å². The third-order valence-corrected chi connectivity index (χ3v) is 1.80. The van der Waals surface area contributed by atoms with Crippen LogP contribution in [0, 0.1) is 0 Å². The monoisotopic (exact) mass is 236 g/mol. The Hall–Kier alpha value is 0.780. The first-order valence-corrected chi connectivity index (χ1v) is 3.00. The second-order valence-electron chi connectivity index (χ2n) is 1.14. The van der Waals surface area contributed by atoms with Gasteiger partial charge in [-0.3, -0.25) is 4.74 Å². The summed E-state index contributed by atoms with van der Waals surface area (Å²) in [5, 5.41) is 0. The number of alkyl halides is 4. The summed E-state index contributed by atoms with van der Waals surface area (Å²) in [6.45, 7) is 0. The zero-order valence-electron chi connectivity index (χ0n) is 2.92. The van der Waals surface area contributed by atoms with E-state index in [4.69, 9.17) is 0 Å². The summed E-state index contributed by atoms with van der Waals surface area (Å²) in [7, 11) is 0. The summed E-state index contributed by atoms with van der Waals surface area (Å²) < 4.78 is 25.4. The van der Waals surface area contributed by atoms with Crippen molar-refractivity contribution in [3.8, 4) is 0 Å². The zero-order valence-corrected chi connectivity index (χ0v) is 6.09. The Morgan fingerprint density at radius 3 is 1.43 bits per heavy atom. The van der Waals surface area contributed by atoms with E-state index in [0.29, 0.717) is 0 Å². The average molecular weight is 238 g/mol. The first-order chi connectivity index (χ1) is 2.96. The highest BCUT2D eigenvalue weighted by atomic mass is 79.9. The van der Waals surface area contributed by atoms with Gasteiger partial charge in [0.15, 0.2) is 0 Å². The minimum Gasteiger partial charge on any atom is -0.279 e. The lowest BCUT2D eigenvalue weighted by Crippen LogP contribution is -1.98. The van der Waals surface area contributed by atoms with E-state index in [1.165, 1.54) is 0 Å². The van der Waals surface area contributed by atoms with Gasteiger partial charge in [0.05, 0.1) is 0 Å². The lowest BCUT2D eigenvalue weighted by Gasteiger charge is -1.82. The SMILES string of the molecule is FC1(F)OC1(Br)Br. The van der Waals surface area contributed by atoms with Crippen LogP contribution in [0.3, 0.4) is 0 Å². The van der Waals surface area contributed by atoms with E-state index < -0.39 is 9.53 Å². The first-order valence-electron chi connectivity index (χ1n) is 1.41. The van der Waals surface area contributed by atoms with Gasteiger partial charge in [-0.15, -0.1) is 0 Å². The highest BCUT2D eigenvalue weighted by Crippen LogP contribution is 2.59. The Kier molecular flexibility index (Phi) is 1.01. The molecule has 1 aliphatic rings. The standard InChI is InChI=1S/C2Br2F2O/c3-1(4)2(5,6)7-1. The van der Waals surface area contributed by atoms with Crippen molar-refractivity contribution >= 4 is 31.9 Å². The van der Waals surface area contributed by atoms with Gasteiger partial charge in [0, 0.05) is 0 Å². The molecule has 0 amide bonds. The Morgan fingerprint density at radius 1 is 1.29 bits per heavy atom. The van der Waals surface area contributed by atoms with Gasteiger partial charge in [-0.05, 0) is 31.9 Å². The van der Waals surface area contributed by atoms with Crippen LogP contribution in [0.15, 0.2) is 0 Å². The lowest BCUT2D eigenvalue weighted by atomic mass is 10.9. The molecule has 7 heavy (non-hydrogen) atoms. The van der Waals surface area contributed by atoms with E-state index in [1.807, 2.05) is 0 Å². The van der Waals surface area contributed by atoms with Crippen molar-refractivity contribution in [1.82, 2.24) is 0 Å². The summed E-state index contributed by atoms with van der Waals surface area (Å²) in [6.07, 6.45) is -3.02. The molecule has 0 unspecified atom stereocenters. The predicted molar refractivity (Wildman–Crippen MR) is 26.6 cm³/mol. The van der Waals surface area contributed by atoms with Crippen LogP contribution in [0.4, 0.5) is 8.78 Å². The van der Waals surface area contributed by atoms with Gasteiger partial charge in [0.2, 0.25) is 0 Å². The van der Waals surface area contributed by atoms with Crippen molar-refractivity contribution in [2.45, 2.75) is 9.53 Å². The summed E-state index contributed by atoms with van der Waals surface area (Å²) in [5.74, 6) is 0. The summed E-state index contributed by atoms with van der Waals surface area (Å²) in [5.41, 5.74) is 0. The van der Waals surface area contributed by atoms with E-state index in [-0.39, 0.29) is 0 Å². The maximum atomic E-state index is 11.6. The third kappa shape index (κ3) is 0.816. The molecule has 0 aliphatic carbocycles. The number of hydrogen-bond donors (Lipinski definition) is 0. The van der Waals surface area contributed by atoms with Crippen molar-refractivity contribution in [2.75, 3.05) is 0 Å². The Morgan fingerprint density at radius 2 is 1.43 bits per heavy atom. The number of halogens is 4. The average Bonchev–Trinajstić information content (AvgIpc) is 1.63. The van der Waals surface area contributed by atoms with E-state index >= 15 is 0 Å². The fourth-order valence-corrected chi connectivity index (χ4v) is 0.542. The van der Waals surface area contributed by atoms with Crippen LogP contribution in [0.2, 0.25) is 0 Å². The van der Waals surface area contributed by atoms with Gasteiger partial charge >= 0.3 is 6.11 Å². The first kappa shape index (κ1) is 5.91. The van der Waals surface area contributed by atoms with Crippen LogP contribution in [0.25, 0.3) is 0 Å². The van der Waals surface area contributed by atoms with Crippen molar-refractivity contribution in [3.63, 3.8) is 0 Å². The maximum absolute atomic E-state index is 11.6. The molecular formula is C2Br2F2O. The molecule has 5 heteroatoms. The molecule has 42 valence electrons. The van der Waals surface area contributed by atoms with Crippen LogP contribution >= 0.6 is 31.9 Å². The predicted octanol–water partition coefficient (Wildman–Crippen LogP) is 2.05. The van der Waals surface area contributed by atoms with Crippen molar-refractivity contribution in [1.29, 1.82) is 0 Å². The van der Waals surface area contributed by atoms with Crippen LogP contribution in [0.5, 0.6) is 0 Å². The van der Waals surface area contributed by atoms with Gasteiger partial charge in [0.1, 0.15) is 0 Å². The van der Waals surface area contributed by atoms with Gasteiger partial charge in [-0.1, -0.05) is 0 Å². The zero-order chi connectivity index (χ0) is 5.71. The number of rotatable bonds is 0. The normalized spacial score (nSPS) is 32.6. The fourth-order valence-electron chi connectivity index (χ4n) is 0.135. The molecule has 0 N–H and O–H groups in total. The van der Waals surface area contributed by atoms with Gasteiger partial charge in [-0.2, -0.15) is 8.78 Å². The van der Waals surface area contributed by atoms with Crippen LogP contribution in [-0.2, 0) is 4.74 Å². The van der Waals surface area contributed by atoms with Crippen LogP contribution in [-0.4, -0.2) is 9.53 Å². The van der Waals surface area contributed by atoms with E-state index in [9.17, 15) is 8.78 Å². The smallest absolute Gasteiger partial charge is 0.279 e. The molecule has 0 atom stereocenters. The molecule has 0 saturated carbocycles. The van der Waals surface area contributed by atoms with E-state index in [2.05, 4.69) is 36.6 Å². The molecule has 1 aliphatic heterocycles. The maximum Gasteiger partial charge on any atom is 0.407 e. The van der Waals surface area contributed by atoms with E-state index in [1.54, 1.807) is 0 Å². The molecular weight excluding hydrogens is 238 g/mol. The minimum absolute atomic E-state index is 1.56. The summed E-state index contributed by atoms with van der Waals surface area (Å²) in [6, 6.07) is 0. The lowest BCUT2D eigenvalue weighted by molar-refractivity contribution is 0.00157. The Balaban J connectivity index is 2.59. The van der Waals surface area contributed by atoms with Crippen LogP contribution in [0.1, 0.15) is 0 Å². The van der Waals surface area contributed by atoms with Gasteiger partial charge < -0.3 is 0 Å². The van der Waals surface area contributed by atoms with Gasteiger partial charge in [0.25, 0.3) is 3.42 Å². The Labute approximate surface area is 55.3 Å². The second kappa shape index (κ2) is 1.19. The summed E-state index contributed by atoms with van der Waals surface area (Å²) in [4.78, 5) is 0. The molecule has 0 radical (unpaired) electrons. The van der Waals surface area contributed by atoms with Crippen LogP contribution < -0.4 is 0 Å². The molecule has 0 spiro atoms. The van der Waals surface area contributed by atoms with E-state index in [0.717, 1.165) is 0 Å². The number of ether oxygens (including phenoxy) is 1. The molecule has 0 aromatic carbocycles. The molecule has 1 fully saturated rings. The highest BCUT2D eigenvalue weighted by Gasteiger charge is 2.72. The van der Waals surface area contributed by atoms with Crippen molar-refractivity contribution in [2.24, 2.45) is 0 Å². The molecule has 1 nitrogen and oxygen atoms in total. The second-order valence-corrected chi connectivity index (χ2v) is 4.43. The van der Waals surface area contributed by atoms with Crippen molar-refractivity contribution < 1.29 is 13.5 Å². The highest BCUT2D eigenvalue weighted by molar-refractivity contribution is 9.25. The fraction of sp³-hybridized carbons (Fsp3) is 1.00. The molecule has 0 aromatic rings. The van der Waals surface area contributed by atoms with Gasteiger partial charge in [-0.25, -0.2) is 0 Å². The molecule has 0 aromatic heterocycles. The number of hydrogen-bond acceptors (Lipinski definition) is 1. The molecule has 1 saturated heterocycles. The largest absolute Gasteiger partial charge is 0.407 e. The number of epoxide rings is 1. The molecule has 1 heterocycles. The summed E-state index contributed by atoms with van der Waals surface area (Å²) >= 11 is 5.10. The topological polar surface area (TPSA) is 12.5 Å².